The molecule has 3 rings (SSSR count). The van der Waals surface area contributed by atoms with Crippen LogP contribution in [-0.4, -0.2) is 52.9 Å². The molecule has 0 fully saturated rings. The molecule has 33 heavy (non-hydrogen) atoms. The molecule has 182 valence electrons. The van der Waals surface area contributed by atoms with Gasteiger partial charge in [-0.1, -0.05) is 25.5 Å². The van der Waals surface area contributed by atoms with Gasteiger partial charge in [-0.25, -0.2) is 14.7 Å². The van der Waals surface area contributed by atoms with Gasteiger partial charge in [0.05, 0.1) is 13.1 Å². The molecule has 1 aliphatic rings. The minimum absolute atomic E-state index is 0. The molecule has 0 saturated carbocycles. The van der Waals surface area contributed by atoms with Crippen molar-refractivity contribution < 1.29 is 9.53 Å². The van der Waals surface area contributed by atoms with E-state index in [0.717, 1.165) is 61.9 Å². The van der Waals surface area contributed by atoms with Crippen molar-refractivity contribution >= 4 is 35.8 Å². The zero-order valence-corrected chi connectivity index (χ0v) is 22.1. The highest BCUT2D eigenvalue weighted by Crippen LogP contribution is 2.13. The van der Waals surface area contributed by atoms with Crippen LogP contribution in [0.1, 0.15) is 60.7 Å². The van der Waals surface area contributed by atoms with E-state index in [0.29, 0.717) is 25.3 Å². The minimum atomic E-state index is -0.0260. The number of nitrogens with one attached hydrogen (secondary N) is 3. The normalized spacial score (nSPS) is 15.4. The van der Waals surface area contributed by atoms with E-state index in [1.54, 1.807) is 7.11 Å². The number of aryl methyl sites for hydroxylation is 1. The van der Waals surface area contributed by atoms with Gasteiger partial charge in [-0.15, -0.1) is 24.0 Å². The van der Waals surface area contributed by atoms with Crippen LogP contribution in [0.25, 0.3) is 0 Å². The Balaban J connectivity index is 0.00000385. The third-order valence-corrected chi connectivity index (χ3v) is 5.31. The first-order valence-electron chi connectivity index (χ1n) is 11.5. The number of guanidine groups is 1. The molecule has 1 aromatic carbocycles. The van der Waals surface area contributed by atoms with Crippen LogP contribution in [0.15, 0.2) is 29.3 Å². The van der Waals surface area contributed by atoms with Gasteiger partial charge in [0, 0.05) is 38.2 Å². The van der Waals surface area contributed by atoms with Crippen LogP contribution in [0.5, 0.6) is 0 Å². The second-order valence-corrected chi connectivity index (χ2v) is 7.94. The highest BCUT2D eigenvalue weighted by Gasteiger charge is 2.22. The maximum Gasteiger partial charge on any atom is 0.251 e. The number of aliphatic imine (C=N–C) groups is 1. The van der Waals surface area contributed by atoms with E-state index >= 15 is 0 Å². The average Bonchev–Trinajstić information content (AvgIpc) is 3.20. The monoisotopic (exact) mass is 569 g/mol. The first kappa shape index (κ1) is 27.0. The van der Waals surface area contributed by atoms with Crippen molar-refractivity contribution in [3.63, 3.8) is 0 Å². The molecule has 1 aliphatic heterocycles. The fourth-order valence-corrected chi connectivity index (χ4v) is 3.59. The summed E-state index contributed by atoms with van der Waals surface area (Å²) in [6.07, 6.45) is 3.90. The van der Waals surface area contributed by atoms with Crippen molar-refractivity contribution in [3.8, 4) is 0 Å². The number of unbranched alkanes of at least 4 members (excludes halogenated alkanes) is 1. The first-order chi connectivity index (χ1) is 15.6. The van der Waals surface area contributed by atoms with Crippen molar-refractivity contribution in [2.75, 3.05) is 20.2 Å². The Bertz CT molecular complexity index is 899. The summed E-state index contributed by atoms with van der Waals surface area (Å²) in [6.45, 7) is 7.37. The summed E-state index contributed by atoms with van der Waals surface area (Å²) in [5.41, 5.74) is 1.73. The van der Waals surface area contributed by atoms with Gasteiger partial charge < -0.3 is 20.7 Å². The minimum Gasteiger partial charge on any atom is -0.377 e. The Morgan fingerprint density at radius 2 is 2.03 bits per heavy atom. The summed E-state index contributed by atoms with van der Waals surface area (Å²) in [5, 5.41) is 14.3. The van der Waals surface area contributed by atoms with Gasteiger partial charge in [0.2, 0.25) is 0 Å². The van der Waals surface area contributed by atoms with Crippen molar-refractivity contribution in [1.29, 1.82) is 0 Å². The van der Waals surface area contributed by atoms with E-state index in [4.69, 9.17) is 9.73 Å². The Labute approximate surface area is 213 Å². The molecule has 2 heterocycles. The highest BCUT2D eigenvalue weighted by atomic mass is 127. The Hall–Kier alpha value is -2.21. The average molecular weight is 569 g/mol. The molecule has 0 bridgehead atoms. The molecule has 0 saturated heterocycles. The number of methoxy groups -OCH3 is 1. The first-order valence-corrected chi connectivity index (χ1v) is 11.5. The molecule has 1 atom stereocenters. The number of halogens is 1. The molecule has 0 spiro atoms. The van der Waals surface area contributed by atoms with Crippen molar-refractivity contribution in [2.45, 2.75) is 65.3 Å². The topological polar surface area (TPSA) is 105 Å². The van der Waals surface area contributed by atoms with Gasteiger partial charge in [-0.05, 0) is 37.5 Å². The molecule has 1 aromatic heterocycles. The quantitative estimate of drug-likeness (QED) is 0.176. The van der Waals surface area contributed by atoms with Gasteiger partial charge >= 0.3 is 0 Å². The maximum absolute atomic E-state index is 12.2. The fraction of sp³-hybridized carbons (Fsp3) is 0.565. The summed E-state index contributed by atoms with van der Waals surface area (Å²) < 4.78 is 7.10. The summed E-state index contributed by atoms with van der Waals surface area (Å²) in [5.74, 6) is 2.49. The number of carbonyl (C=O) groups excluding carboxylic acids is 1. The molecular formula is C23H36IN7O2. The van der Waals surface area contributed by atoms with Crippen LogP contribution in [0.4, 0.5) is 0 Å². The van der Waals surface area contributed by atoms with Crippen LogP contribution in [0.3, 0.4) is 0 Å². The zero-order chi connectivity index (χ0) is 22.8. The Morgan fingerprint density at radius 3 is 2.73 bits per heavy atom. The number of benzene rings is 1. The Kier molecular flexibility index (Phi) is 11.6. The molecule has 0 aliphatic carbocycles. The molecule has 10 heteroatoms. The van der Waals surface area contributed by atoms with Crippen LogP contribution in [0, 0.1) is 0 Å². The predicted molar refractivity (Wildman–Crippen MR) is 140 cm³/mol. The van der Waals surface area contributed by atoms with Gasteiger partial charge in [0.1, 0.15) is 12.4 Å². The molecular weight excluding hydrogens is 533 g/mol. The van der Waals surface area contributed by atoms with Crippen LogP contribution in [-0.2, 0) is 30.9 Å². The number of carbonyl (C=O) groups is 1. The maximum atomic E-state index is 12.2. The lowest BCUT2D eigenvalue weighted by Crippen LogP contribution is -2.47. The van der Waals surface area contributed by atoms with E-state index in [1.165, 1.54) is 0 Å². The molecule has 1 unspecified atom stereocenters. The largest absolute Gasteiger partial charge is 0.377 e. The summed E-state index contributed by atoms with van der Waals surface area (Å²) in [4.78, 5) is 21.4. The lowest BCUT2D eigenvalue weighted by Gasteiger charge is -2.25. The number of aromatic nitrogens is 3. The van der Waals surface area contributed by atoms with Crippen molar-refractivity contribution in [3.05, 3.63) is 47.0 Å². The lowest BCUT2D eigenvalue weighted by molar-refractivity contribution is 0.0953. The summed E-state index contributed by atoms with van der Waals surface area (Å²) in [6, 6.07) is 7.87. The third-order valence-electron chi connectivity index (χ3n) is 5.31. The summed E-state index contributed by atoms with van der Waals surface area (Å²) in [7, 11) is 1.65. The lowest BCUT2D eigenvalue weighted by atomic mass is 10.1. The van der Waals surface area contributed by atoms with E-state index in [9.17, 15) is 4.79 Å². The van der Waals surface area contributed by atoms with Crippen LogP contribution >= 0.6 is 24.0 Å². The number of ether oxygens (including phenoxy) is 1. The van der Waals surface area contributed by atoms with Gasteiger partial charge in [-0.2, -0.15) is 5.10 Å². The van der Waals surface area contributed by atoms with E-state index < -0.39 is 0 Å². The second-order valence-electron chi connectivity index (χ2n) is 7.94. The SMILES string of the molecule is CCCCNC(=O)c1ccc(CN=C(NCC)NC2CCc3nc(COC)nn3C2)cc1.I. The fourth-order valence-electron chi connectivity index (χ4n) is 3.59. The molecule has 0 radical (unpaired) electrons. The number of hydrogen-bond acceptors (Lipinski definition) is 5. The van der Waals surface area contributed by atoms with Crippen molar-refractivity contribution in [2.24, 2.45) is 4.99 Å². The number of rotatable bonds is 10. The van der Waals surface area contributed by atoms with Gasteiger partial charge in [0.15, 0.2) is 11.8 Å². The summed E-state index contributed by atoms with van der Waals surface area (Å²) >= 11 is 0. The standard InChI is InChI=1S/C23H35N7O2.HI/c1-4-6-13-25-22(31)18-9-7-17(8-10-18)14-26-23(24-5-2)27-19-11-12-21-28-20(16-32-3)29-30(21)15-19;/h7-10,19H,4-6,11-16H2,1-3H3,(H,25,31)(H2,24,26,27);1H. The number of nitrogens with zero attached hydrogens (tertiary/aromatic N) is 4. The highest BCUT2D eigenvalue weighted by molar-refractivity contribution is 14.0. The third kappa shape index (κ3) is 8.26. The van der Waals surface area contributed by atoms with Gasteiger partial charge in [-0.3, -0.25) is 4.79 Å². The number of amides is 1. The van der Waals surface area contributed by atoms with Crippen LogP contribution < -0.4 is 16.0 Å². The number of hydrogen-bond donors (Lipinski definition) is 3. The Morgan fingerprint density at radius 1 is 1.24 bits per heavy atom. The molecule has 1 amide bonds. The molecule has 3 N–H and O–H groups in total. The van der Waals surface area contributed by atoms with Crippen LogP contribution in [0.2, 0.25) is 0 Å². The van der Waals surface area contributed by atoms with E-state index in [2.05, 4.69) is 39.9 Å². The predicted octanol–water partition coefficient (Wildman–Crippen LogP) is 2.64. The van der Waals surface area contributed by atoms with E-state index in [1.807, 2.05) is 28.9 Å². The smallest absolute Gasteiger partial charge is 0.251 e. The zero-order valence-electron chi connectivity index (χ0n) is 19.8. The van der Waals surface area contributed by atoms with E-state index in [-0.39, 0.29) is 35.9 Å². The second kappa shape index (κ2) is 14.1. The molecule has 2 aromatic rings. The number of fused-ring (bicyclic) bond motifs is 1. The van der Waals surface area contributed by atoms with Gasteiger partial charge in [0.25, 0.3) is 5.91 Å². The molecule has 9 nitrogen and oxygen atoms in total. The van der Waals surface area contributed by atoms with Crippen molar-refractivity contribution in [1.82, 2.24) is 30.7 Å².